The van der Waals surface area contributed by atoms with E-state index in [9.17, 15) is 0 Å². The molecule has 0 radical (unpaired) electrons. The maximum absolute atomic E-state index is 5.21. The molecule has 0 amide bonds. The molecule has 0 aliphatic carbocycles. The molecule has 8 heavy (non-hydrogen) atoms. The molecule has 0 aromatic rings. The number of rotatable bonds is 2. The molecule has 0 heterocycles. The van der Waals surface area contributed by atoms with Gasteiger partial charge in [0, 0.05) is 6.20 Å². The average Bonchev–Trinajstić information content (AvgIpc) is 1.68. The van der Waals surface area contributed by atoms with Gasteiger partial charge in [-0.2, -0.15) is 0 Å². The summed E-state index contributed by atoms with van der Waals surface area (Å²) in [4.78, 5) is 3.61. The molecule has 0 saturated carbocycles. The van der Waals surface area contributed by atoms with E-state index in [1.54, 1.807) is 0 Å². The molecule has 0 aliphatic heterocycles. The average molecular weight is 111 g/mol. The fraction of sp³-hybridized carbons (Fsp3) is 0. The Hall–Kier alpha value is -1.25. The first-order valence-electron chi connectivity index (χ1n) is 2.13. The van der Waals surface area contributed by atoms with Gasteiger partial charge in [0.1, 0.15) is 5.84 Å². The predicted molar refractivity (Wildman–Crippen MR) is 35.1 cm³/mol. The zero-order chi connectivity index (χ0) is 6.41. The van der Waals surface area contributed by atoms with Crippen LogP contribution in [0, 0.1) is 0 Å². The minimum atomic E-state index is 0.363. The highest BCUT2D eigenvalue weighted by Gasteiger charge is 1.74. The zero-order valence-electron chi connectivity index (χ0n) is 4.54. The molecular formula is C5H9N3. The van der Waals surface area contributed by atoms with Crippen LogP contribution < -0.4 is 11.5 Å². The van der Waals surface area contributed by atoms with E-state index in [0.29, 0.717) is 5.84 Å². The van der Waals surface area contributed by atoms with E-state index >= 15 is 0 Å². The van der Waals surface area contributed by atoms with Crippen molar-refractivity contribution in [2.45, 2.75) is 0 Å². The van der Waals surface area contributed by atoms with Gasteiger partial charge in [0.2, 0.25) is 0 Å². The molecule has 0 atom stereocenters. The van der Waals surface area contributed by atoms with E-state index in [1.807, 2.05) is 0 Å². The van der Waals surface area contributed by atoms with Crippen molar-refractivity contribution < 1.29 is 0 Å². The van der Waals surface area contributed by atoms with Crippen LogP contribution >= 0.6 is 0 Å². The zero-order valence-corrected chi connectivity index (χ0v) is 4.54. The van der Waals surface area contributed by atoms with E-state index in [4.69, 9.17) is 11.5 Å². The van der Waals surface area contributed by atoms with Crippen LogP contribution in [0.5, 0.6) is 0 Å². The molecule has 0 spiro atoms. The second kappa shape index (κ2) is 3.92. The Morgan fingerprint density at radius 2 is 2.25 bits per heavy atom. The Morgan fingerprint density at radius 1 is 1.62 bits per heavy atom. The number of aliphatic imine (C=N–C) groups is 1. The lowest BCUT2D eigenvalue weighted by molar-refractivity contribution is 1.51. The second-order valence-corrected chi connectivity index (χ2v) is 1.10. The fourth-order valence-corrected chi connectivity index (χ4v) is 0.247. The van der Waals surface area contributed by atoms with Gasteiger partial charge in [-0.15, -0.1) is 0 Å². The first-order chi connectivity index (χ1) is 3.81. The largest absolute Gasteiger partial charge is 0.404 e. The summed E-state index contributed by atoms with van der Waals surface area (Å²) in [5.41, 5.74) is 10.2. The monoisotopic (exact) mass is 111 g/mol. The van der Waals surface area contributed by atoms with Crippen LogP contribution in [0.4, 0.5) is 0 Å². The van der Waals surface area contributed by atoms with Crippen LogP contribution in [0.1, 0.15) is 0 Å². The van der Waals surface area contributed by atoms with E-state index in [1.165, 1.54) is 18.5 Å². The van der Waals surface area contributed by atoms with Gasteiger partial charge in [0.05, 0.1) is 0 Å². The van der Waals surface area contributed by atoms with Gasteiger partial charge >= 0.3 is 0 Å². The van der Waals surface area contributed by atoms with Gasteiger partial charge in [0.15, 0.2) is 0 Å². The summed E-state index contributed by atoms with van der Waals surface area (Å²) >= 11 is 0. The van der Waals surface area contributed by atoms with Crippen LogP contribution in [-0.4, -0.2) is 5.84 Å². The first kappa shape index (κ1) is 6.75. The second-order valence-electron chi connectivity index (χ2n) is 1.10. The predicted octanol–water partition coefficient (Wildman–Crippen LogP) is -0.0405. The molecule has 0 rings (SSSR count). The summed E-state index contributed by atoms with van der Waals surface area (Å²) in [7, 11) is 0. The Balaban J connectivity index is 3.79. The number of nitrogens with zero attached hydrogens (tertiary/aromatic N) is 1. The molecule has 0 aromatic heterocycles. The maximum atomic E-state index is 5.21. The van der Waals surface area contributed by atoms with Gasteiger partial charge in [-0.3, -0.25) is 0 Å². The van der Waals surface area contributed by atoms with Crippen molar-refractivity contribution in [3.8, 4) is 0 Å². The van der Waals surface area contributed by atoms with Gasteiger partial charge in [-0.05, 0) is 12.3 Å². The van der Waals surface area contributed by atoms with Crippen molar-refractivity contribution in [2.24, 2.45) is 16.5 Å². The smallest absolute Gasteiger partial charge is 0.124 e. The molecule has 4 N–H and O–H groups in total. The van der Waals surface area contributed by atoms with Crippen molar-refractivity contribution in [1.82, 2.24) is 0 Å². The summed E-state index contributed by atoms with van der Waals surface area (Å²) in [5.74, 6) is 0.363. The van der Waals surface area contributed by atoms with Gasteiger partial charge in [-0.1, -0.05) is 6.58 Å². The topological polar surface area (TPSA) is 64.4 Å². The standard InChI is InChI=1S/C5H9N3/c1-2-8-5(7)3-4-6/h2-4H,1,6H2,(H2,7,8)/b4-3-. The van der Waals surface area contributed by atoms with E-state index in [-0.39, 0.29) is 0 Å². The number of hydrogen-bond acceptors (Lipinski definition) is 2. The van der Waals surface area contributed by atoms with Crippen LogP contribution in [0.2, 0.25) is 0 Å². The summed E-state index contributed by atoms with van der Waals surface area (Å²) in [6, 6.07) is 0. The third-order valence-electron chi connectivity index (χ3n) is 0.507. The van der Waals surface area contributed by atoms with Crippen LogP contribution in [0.15, 0.2) is 30.0 Å². The Bertz CT molecular complexity index is 124. The molecule has 0 aliphatic rings. The molecule has 44 valence electrons. The lowest BCUT2D eigenvalue weighted by Crippen LogP contribution is -2.07. The molecular weight excluding hydrogens is 102 g/mol. The maximum Gasteiger partial charge on any atom is 0.124 e. The molecule has 3 heteroatoms. The minimum absolute atomic E-state index is 0.363. The quantitative estimate of drug-likeness (QED) is 0.388. The van der Waals surface area contributed by atoms with Gasteiger partial charge in [0.25, 0.3) is 0 Å². The Kier molecular flexibility index (Phi) is 3.31. The highest BCUT2D eigenvalue weighted by molar-refractivity contribution is 5.91. The van der Waals surface area contributed by atoms with Crippen molar-refractivity contribution in [3.05, 3.63) is 25.1 Å². The highest BCUT2D eigenvalue weighted by atomic mass is 14.8. The fourth-order valence-electron chi connectivity index (χ4n) is 0.247. The van der Waals surface area contributed by atoms with E-state index in [0.717, 1.165) is 0 Å². The third kappa shape index (κ3) is 2.96. The van der Waals surface area contributed by atoms with Crippen LogP contribution in [0.25, 0.3) is 0 Å². The molecule has 0 unspecified atom stereocenters. The minimum Gasteiger partial charge on any atom is -0.404 e. The number of hydrogen-bond donors (Lipinski definition) is 2. The lowest BCUT2D eigenvalue weighted by Gasteiger charge is -1.82. The third-order valence-corrected chi connectivity index (χ3v) is 0.507. The summed E-state index contributed by atoms with van der Waals surface area (Å²) in [6.07, 6.45) is 4.17. The normalized spacial score (nSPS) is 12.2. The Morgan fingerprint density at radius 3 is 2.62 bits per heavy atom. The SMILES string of the molecule is C=CN=C(N)/C=C\N. The van der Waals surface area contributed by atoms with E-state index < -0.39 is 0 Å². The van der Waals surface area contributed by atoms with Crippen molar-refractivity contribution in [1.29, 1.82) is 0 Å². The highest BCUT2D eigenvalue weighted by Crippen LogP contribution is 1.70. The summed E-state index contributed by atoms with van der Waals surface area (Å²) < 4.78 is 0. The van der Waals surface area contributed by atoms with E-state index in [2.05, 4.69) is 11.6 Å². The molecule has 0 saturated heterocycles. The number of amidine groups is 1. The molecule has 0 bridgehead atoms. The lowest BCUT2D eigenvalue weighted by atomic mass is 10.6. The first-order valence-corrected chi connectivity index (χ1v) is 2.13. The Labute approximate surface area is 48.4 Å². The molecule has 0 aromatic carbocycles. The van der Waals surface area contributed by atoms with Crippen molar-refractivity contribution >= 4 is 5.84 Å². The van der Waals surface area contributed by atoms with Crippen LogP contribution in [0.3, 0.4) is 0 Å². The van der Waals surface area contributed by atoms with Crippen molar-refractivity contribution in [2.75, 3.05) is 0 Å². The number of nitrogens with two attached hydrogens (primary N) is 2. The molecule has 0 fully saturated rings. The van der Waals surface area contributed by atoms with Crippen LogP contribution in [-0.2, 0) is 0 Å². The molecule has 3 nitrogen and oxygen atoms in total. The summed E-state index contributed by atoms with van der Waals surface area (Å²) in [6.45, 7) is 3.34. The van der Waals surface area contributed by atoms with Gasteiger partial charge in [-0.25, -0.2) is 4.99 Å². The van der Waals surface area contributed by atoms with Crippen molar-refractivity contribution in [3.63, 3.8) is 0 Å². The van der Waals surface area contributed by atoms with Gasteiger partial charge < -0.3 is 11.5 Å². The summed E-state index contributed by atoms with van der Waals surface area (Å²) in [5, 5.41) is 0.